The van der Waals surface area contributed by atoms with Crippen LogP contribution in [0.4, 0.5) is 5.69 Å². The van der Waals surface area contributed by atoms with E-state index in [2.05, 4.69) is 0 Å². The first kappa shape index (κ1) is 21.6. The average Bonchev–Trinajstić information content (AvgIpc) is 2.82. The van der Waals surface area contributed by atoms with E-state index in [9.17, 15) is 13.2 Å². The molecule has 1 saturated heterocycles. The van der Waals surface area contributed by atoms with Crippen LogP contribution < -0.4 is 14.4 Å². The number of carbonyl (C=O) groups is 1. The summed E-state index contributed by atoms with van der Waals surface area (Å²) in [6.07, 6.45) is 3.13. The average molecular weight is 445 g/mol. The molecule has 0 saturated carbocycles. The molecule has 7 nitrogen and oxygen atoms in total. The van der Waals surface area contributed by atoms with Crippen LogP contribution in [0.2, 0.25) is 0 Å². The normalized spacial score (nSPS) is 19.5. The molecule has 0 N–H and O–H groups in total. The molecule has 1 fully saturated rings. The Hall–Kier alpha value is -2.58. The highest BCUT2D eigenvalue weighted by Crippen LogP contribution is 2.33. The predicted octanol–water partition coefficient (Wildman–Crippen LogP) is 3.08. The summed E-state index contributed by atoms with van der Waals surface area (Å²) in [4.78, 5) is 15.5. The van der Waals surface area contributed by atoms with Crippen LogP contribution in [-0.4, -0.2) is 52.5 Å². The number of amides is 1. The molecule has 2 aromatic carbocycles. The molecule has 0 radical (unpaired) electrons. The first-order valence-electron chi connectivity index (χ1n) is 10.6. The van der Waals surface area contributed by atoms with Crippen molar-refractivity contribution in [3.05, 3.63) is 48.0 Å². The minimum absolute atomic E-state index is 0.000692. The topological polar surface area (TPSA) is 76.2 Å². The minimum Gasteiger partial charge on any atom is -0.497 e. The zero-order valence-electron chi connectivity index (χ0n) is 17.9. The largest absolute Gasteiger partial charge is 0.497 e. The van der Waals surface area contributed by atoms with Gasteiger partial charge in [0.2, 0.25) is 15.9 Å². The third-order valence-electron chi connectivity index (χ3n) is 6.10. The number of hydrogen-bond acceptors (Lipinski definition) is 5. The lowest BCUT2D eigenvalue weighted by Crippen LogP contribution is -2.48. The van der Waals surface area contributed by atoms with Gasteiger partial charge in [-0.25, -0.2) is 8.42 Å². The molecule has 1 unspecified atom stereocenters. The van der Waals surface area contributed by atoms with E-state index < -0.39 is 10.0 Å². The Morgan fingerprint density at radius 1 is 0.968 bits per heavy atom. The highest BCUT2D eigenvalue weighted by molar-refractivity contribution is 7.89. The lowest BCUT2D eigenvalue weighted by atomic mass is 9.95. The summed E-state index contributed by atoms with van der Waals surface area (Å²) >= 11 is 0. The number of carbonyl (C=O) groups excluding carboxylic acids is 1. The smallest absolute Gasteiger partial charge is 0.243 e. The monoisotopic (exact) mass is 444 g/mol. The Bertz CT molecular complexity index is 1050. The second-order valence-electron chi connectivity index (χ2n) is 7.97. The van der Waals surface area contributed by atoms with Crippen LogP contribution in [0.15, 0.2) is 47.4 Å². The first-order valence-corrected chi connectivity index (χ1v) is 12.0. The maximum Gasteiger partial charge on any atom is 0.243 e. The van der Waals surface area contributed by atoms with Gasteiger partial charge in [-0.3, -0.25) is 4.79 Å². The number of anilines is 1. The molecular weight excluding hydrogens is 416 g/mol. The molecule has 2 aromatic rings. The lowest BCUT2D eigenvalue weighted by molar-refractivity contribution is -0.123. The van der Waals surface area contributed by atoms with Crippen molar-refractivity contribution in [1.82, 2.24) is 4.31 Å². The molecule has 8 heteroatoms. The van der Waals surface area contributed by atoms with Crippen molar-refractivity contribution in [2.75, 3.05) is 38.8 Å². The standard InChI is InChI=1S/C23H28N2O5S/c1-29-19-7-10-21(11-8-19)31(27,28)24-13-3-6-18(16-24)23(26)25-14-4-5-17-15-20(30-2)9-12-22(17)25/h7-12,15,18H,3-6,13-14,16H2,1-2H3. The molecule has 0 bridgehead atoms. The fraction of sp³-hybridized carbons (Fsp3) is 0.435. The Labute approximate surface area is 183 Å². The molecule has 166 valence electrons. The van der Waals surface area contributed by atoms with Gasteiger partial charge in [-0.1, -0.05) is 0 Å². The third-order valence-corrected chi connectivity index (χ3v) is 7.98. The van der Waals surface area contributed by atoms with Crippen LogP contribution in [0.5, 0.6) is 11.5 Å². The van der Waals surface area contributed by atoms with Gasteiger partial charge in [0, 0.05) is 25.3 Å². The maximum absolute atomic E-state index is 13.4. The van der Waals surface area contributed by atoms with E-state index in [1.165, 1.54) is 4.31 Å². The highest BCUT2D eigenvalue weighted by Gasteiger charge is 2.36. The van der Waals surface area contributed by atoms with E-state index in [0.29, 0.717) is 31.7 Å². The van der Waals surface area contributed by atoms with Gasteiger partial charge in [0.1, 0.15) is 11.5 Å². The van der Waals surface area contributed by atoms with Gasteiger partial charge in [-0.15, -0.1) is 0 Å². The fourth-order valence-electron chi connectivity index (χ4n) is 4.41. The van der Waals surface area contributed by atoms with Crippen molar-refractivity contribution in [3.8, 4) is 11.5 Å². The van der Waals surface area contributed by atoms with Crippen LogP contribution in [-0.2, 0) is 21.2 Å². The van der Waals surface area contributed by atoms with Crippen LogP contribution >= 0.6 is 0 Å². The molecule has 1 atom stereocenters. The Morgan fingerprint density at radius 3 is 2.39 bits per heavy atom. The van der Waals surface area contributed by atoms with E-state index in [0.717, 1.165) is 29.8 Å². The van der Waals surface area contributed by atoms with Gasteiger partial charge < -0.3 is 14.4 Å². The van der Waals surface area contributed by atoms with E-state index in [1.54, 1.807) is 38.5 Å². The summed E-state index contributed by atoms with van der Waals surface area (Å²) in [5.41, 5.74) is 2.00. The number of benzene rings is 2. The second kappa shape index (κ2) is 8.88. The van der Waals surface area contributed by atoms with Crippen LogP contribution in [0.25, 0.3) is 0 Å². The van der Waals surface area contributed by atoms with E-state index in [-0.39, 0.29) is 23.3 Å². The summed E-state index contributed by atoms with van der Waals surface area (Å²) < 4.78 is 38.2. The molecule has 2 aliphatic rings. The fourth-order valence-corrected chi connectivity index (χ4v) is 5.93. The lowest BCUT2D eigenvalue weighted by Gasteiger charge is -2.36. The van der Waals surface area contributed by atoms with Gasteiger partial charge >= 0.3 is 0 Å². The summed E-state index contributed by atoms with van der Waals surface area (Å²) in [5.74, 6) is 1.03. The van der Waals surface area contributed by atoms with Crippen molar-refractivity contribution < 1.29 is 22.7 Å². The van der Waals surface area contributed by atoms with Crippen molar-refractivity contribution in [1.29, 1.82) is 0 Å². The quantitative estimate of drug-likeness (QED) is 0.708. The third kappa shape index (κ3) is 4.27. The molecule has 4 rings (SSSR count). The molecule has 0 aromatic heterocycles. The zero-order chi connectivity index (χ0) is 22.0. The van der Waals surface area contributed by atoms with Gasteiger partial charge in [0.05, 0.1) is 25.0 Å². The van der Waals surface area contributed by atoms with Gasteiger partial charge in [-0.2, -0.15) is 4.31 Å². The molecule has 2 heterocycles. The summed E-state index contributed by atoms with van der Waals surface area (Å²) in [6, 6.07) is 12.2. The zero-order valence-corrected chi connectivity index (χ0v) is 18.7. The SMILES string of the molecule is COc1ccc(S(=O)(=O)N2CCCC(C(=O)N3CCCc4cc(OC)ccc43)C2)cc1. The van der Waals surface area contributed by atoms with Gasteiger partial charge in [0.25, 0.3) is 0 Å². The second-order valence-corrected chi connectivity index (χ2v) is 9.90. The molecule has 2 aliphatic heterocycles. The molecule has 0 spiro atoms. The summed E-state index contributed by atoms with van der Waals surface area (Å²) in [6.45, 7) is 1.28. The maximum atomic E-state index is 13.4. The number of fused-ring (bicyclic) bond motifs is 1. The summed E-state index contributed by atoms with van der Waals surface area (Å²) in [7, 11) is -0.490. The number of hydrogen-bond donors (Lipinski definition) is 0. The van der Waals surface area contributed by atoms with Crippen molar-refractivity contribution >= 4 is 21.6 Å². The first-order chi connectivity index (χ1) is 14.9. The number of methoxy groups -OCH3 is 2. The number of sulfonamides is 1. The molecule has 0 aliphatic carbocycles. The van der Waals surface area contributed by atoms with Crippen LogP contribution in [0.3, 0.4) is 0 Å². The molecule has 1 amide bonds. The van der Waals surface area contributed by atoms with E-state index >= 15 is 0 Å². The van der Waals surface area contributed by atoms with Gasteiger partial charge in [0.15, 0.2) is 0 Å². The highest BCUT2D eigenvalue weighted by atomic mass is 32.2. The molecular formula is C23H28N2O5S. The number of aryl methyl sites for hydroxylation is 1. The van der Waals surface area contributed by atoms with Crippen molar-refractivity contribution in [3.63, 3.8) is 0 Å². The number of piperidine rings is 1. The van der Waals surface area contributed by atoms with Gasteiger partial charge in [-0.05, 0) is 73.7 Å². The summed E-state index contributed by atoms with van der Waals surface area (Å²) in [5, 5.41) is 0. The predicted molar refractivity (Wildman–Crippen MR) is 118 cm³/mol. The van der Waals surface area contributed by atoms with Crippen LogP contribution in [0.1, 0.15) is 24.8 Å². The number of ether oxygens (including phenoxy) is 2. The Morgan fingerprint density at radius 2 is 1.68 bits per heavy atom. The van der Waals surface area contributed by atoms with Crippen molar-refractivity contribution in [2.24, 2.45) is 5.92 Å². The molecule has 31 heavy (non-hydrogen) atoms. The Balaban J connectivity index is 1.53. The number of nitrogens with zero attached hydrogens (tertiary/aromatic N) is 2. The van der Waals surface area contributed by atoms with Crippen molar-refractivity contribution in [2.45, 2.75) is 30.6 Å². The van der Waals surface area contributed by atoms with E-state index in [4.69, 9.17) is 9.47 Å². The van der Waals surface area contributed by atoms with Crippen LogP contribution in [0, 0.1) is 5.92 Å². The Kier molecular flexibility index (Phi) is 6.20. The number of rotatable bonds is 5. The van der Waals surface area contributed by atoms with E-state index in [1.807, 2.05) is 23.1 Å². The minimum atomic E-state index is -3.66.